The summed E-state index contributed by atoms with van der Waals surface area (Å²) in [6, 6.07) is 11.6. The molecule has 0 saturated heterocycles. The van der Waals surface area contributed by atoms with Gasteiger partial charge in [-0.3, -0.25) is 19.1 Å². The number of aromatic nitrogens is 5. The number of fused-ring (bicyclic) bond motifs is 3. The third kappa shape index (κ3) is 3.60. The number of ether oxygens (including phenoxy) is 1. The van der Waals surface area contributed by atoms with Crippen molar-refractivity contribution in [2.45, 2.75) is 13.5 Å². The van der Waals surface area contributed by atoms with E-state index in [1.165, 1.54) is 0 Å². The van der Waals surface area contributed by atoms with Crippen LogP contribution in [0.1, 0.15) is 11.4 Å². The van der Waals surface area contributed by atoms with Crippen LogP contribution in [-0.4, -0.2) is 50.4 Å². The molecule has 0 unspecified atom stereocenters. The number of nitrogens with zero attached hydrogens (tertiary/aromatic N) is 6. The summed E-state index contributed by atoms with van der Waals surface area (Å²) in [7, 11) is 7.17. The highest BCUT2D eigenvalue weighted by atomic mass is 16.5. The lowest BCUT2D eigenvalue weighted by atomic mass is 10.0. The molecule has 0 aliphatic heterocycles. The molecule has 4 aromatic heterocycles. The van der Waals surface area contributed by atoms with Crippen molar-refractivity contribution in [3.05, 3.63) is 70.7 Å². The van der Waals surface area contributed by atoms with E-state index in [0.717, 1.165) is 50.3 Å². The van der Waals surface area contributed by atoms with E-state index in [4.69, 9.17) is 4.74 Å². The molecule has 1 N–H and O–H groups in total. The molecular formula is C26H26N6O3. The van der Waals surface area contributed by atoms with Gasteiger partial charge in [0.05, 0.1) is 47.8 Å². The summed E-state index contributed by atoms with van der Waals surface area (Å²) in [5, 5.41) is 10.3. The number of anilines is 1. The van der Waals surface area contributed by atoms with Gasteiger partial charge in [-0.15, -0.1) is 0 Å². The van der Waals surface area contributed by atoms with Crippen LogP contribution in [0.15, 0.2) is 53.6 Å². The molecule has 0 aliphatic rings. The van der Waals surface area contributed by atoms with Crippen LogP contribution in [0.25, 0.3) is 38.8 Å². The minimum absolute atomic E-state index is 0.169. The van der Waals surface area contributed by atoms with Crippen LogP contribution in [0.3, 0.4) is 0 Å². The zero-order valence-electron chi connectivity index (χ0n) is 20.3. The summed E-state index contributed by atoms with van der Waals surface area (Å²) in [5.74, 6) is 1.34. The Bertz CT molecular complexity index is 1650. The van der Waals surface area contributed by atoms with Crippen molar-refractivity contribution in [3.8, 4) is 22.6 Å². The van der Waals surface area contributed by atoms with Crippen LogP contribution < -0.4 is 15.3 Å². The van der Waals surface area contributed by atoms with E-state index >= 15 is 0 Å². The topological polar surface area (TPSA) is 98.3 Å². The minimum atomic E-state index is -0.206. The van der Waals surface area contributed by atoms with Crippen molar-refractivity contribution >= 4 is 27.8 Å². The van der Waals surface area contributed by atoms with E-state index in [1.807, 2.05) is 62.3 Å². The summed E-state index contributed by atoms with van der Waals surface area (Å²) in [6.07, 6.45) is 3.43. The molecule has 5 aromatic rings. The lowest BCUT2D eigenvalue weighted by molar-refractivity contribution is 0.268. The van der Waals surface area contributed by atoms with E-state index in [1.54, 1.807) is 35.7 Å². The van der Waals surface area contributed by atoms with E-state index in [-0.39, 0.29) is 12.3 Å². The van der Waals surface area contributed by atoms with Crippen molar-refractivity contribution in [1.29, 1.82) is 0 Å². The van der Waals surface area contributed by atoms with Gasteiger partial charge in [-0.05, 0) is 42.8 Å². The van der Waals surface area contributed by atoms with Crippen molar-refractivity contribution in [3.63, 3.8) is 0 Å². The fourth-order valence-corrected chi connectivity index (χ4v) is 4.35. The number of aliphatic hydroxyl groups excluding tert-OH is 1. The molecule has 0 radical (unpaired) electrons. The Morgan fingerprint density at radius 3 is 2.54 bits per heavy atom. The molecule has 9 heteroatoms. The molecule has 178 valence electrons. The molecule has 1 aromatic carbocycles. The van der Waals surface area contributed by atoms with Crippen molar-refractivity contribution in [2.75, 3.05) is 26.1 Å². The molecule has 35 heavy (non-hydrogen) atoms. The lowest BCUT2D eigenvalue weighted by Crippen LogP contribution is -2.22. The Hall–Kier alpha value is -4.24. The highest BCUT2D eigenvalue weighted by molar-refractivity contribution is 6.04. The Morgan fingerprint density at radius 1 is 1.06 bits per heavy atom. The lowest BCUT2D eigenvalue weighted by Gasteiger charge is -2.14. The van der Waals surface area contributed by atoms with Gasteiger partial charge in [0, 0.05) is 38.3 Å². The number of aryl methyl sites for hydroxylation is 2. The molecule has 0 spiro atoms. The Labute approximate surface area is 201 Å². The Balaban J connectivity index is 1.80. The van der Waals surface area contributed by atoms with E-state index in [2.05, 4.69) is 15.0 Å². The third-order valence-corrected chi connectivity index (χ3v) is 6.26. The average molecular weight is 471 g/mol. The predicted octanol–water partition coefficient (Wildman–Crippen LogP) is 3.21. The number of aliphatic hydroxyl groups is 1. The summed E-state index contributed by atoms with van der Waals surface area (Å²) in [5.41, 5.74) is 5.75. The maximum absolute atomic E-state index is 13.4. The van der Waals surface area contributed by atoms with Crippen LogP contribution >= 0.6 is 0 Å². The smallest absolute Gasteiger partial charge is 0.333 e. The molecule has 4 heterocycles. The van der Waals surface area contributed by atoms with Crippen LogP contribution in [0.5, 0.6) is 5.75 Å². The van der Waals surface area contributed by atoms with Gasteiger partial charge < -0.3 is 14.7 Å². The summed E-state index contributed by atoms with van der Waals surface area (Å²) in [6.45, 7) is 1.70. The Kier molecular flexibility index (Phi) is 5.49. The van der Waals surface area contributed by atoms with Gasteiger partial charge in [-0.2, -0.15) is 0 Å². The zero-order chi connectivity index (χ0) is 24.9. The van der Waals surface area contributed by atoms with Crippen LogP contribution in [-0.2, 0) is 13.7 Å². The van der Waals surface area contributed by atoms with Crippen LogP contribution in [0, 0.1) is 6.92 Å². The third-order valence-electron chi connectivity index (χ3n) is 6.26. The highest BCUT2D eigenvalue weighted by Gasteiger charge is 2.19. The first-order valence-electron chi connectivity index (χ1n) is 11.1. The Morgan fingerprint density at radius 2 is 1.86 bits per heavy atom. The molecule has 0 bridgehead atoms. The number of hydrogen-bond acceptors (Lipinski definition) is 7. The second-order valence-corrected chi connectivity index (χ2v) is 8.60. The van der Waals surface area contributed by atoms with Gasteiger partial charge >= 0.3 is 5.69 Å². The first-order chi connectivity index (χ1) is 16.8. The SMILES string of the molecule is COc1cc(-c2ccc3ncc4c(c3c2)n(-c2ccc(N(C)C)nc2C)c(=O)n4C)cnc1CO. The maximum atomic E-state index is 13.4. The maximum Gasteiger partial charge on any atom is 0.333 e. The molecule has 0 amide bonds. The van der Waals surface area contributed by atoms with Crippen LogP contribution in [0.2, 0.25) is 0 Å². The zero-order valence-corrected chi connectivity index (χ0v) is 20.3. The molecule has 9 nitrogen and oxygen atoms in total. The molecule has 0 fully saturated rings. The monoisotopic (exact) mass is 470 g/mol. The van der Waals surface area contributed by atoms with E-state index in [9.17, 15) is 9.90 Å². The van der Waals surface area contributed by atoms with Crippen LogP contribution in [0.4, 0.5) is 5.82 Å². The van der Waals surface area contributed by atoms with Gasteiger partial charge in [-0.1, -0.05) is 6.07 Å². The first kappa shape index (κ1) is 22.5. The standard InChI is InChI=1S/C26H26N6O3/c1-15-21(8-9-24(29-15)30(2)3)32-25-18-10-16(17-11-23(35-5)20(14-33)27-12-17)6-7-19(18)28-13-22(25)31(4)26(32)34/h6-13,33H,14H2,1-5H3. The molecule has 0 atom stereocenters. The number of pyridine rings is 3. The average Bonchev–Trinajstić information content (AvgIpc) is 3.13. The second kappa shape index (κ2) is 8.52. The fraction of sp³-hybridized carbons (Fsp3) is 0.231. The number of imidazole rings is 1. The van der Waals surface area contributed by atoms with Gasteiger partial charge in [-0.25, -0.2) is 9.78 Å². The molecule has 0 aliphatic carbocycles. The largest absolute Gasteiger partial charge is 0.495 e. The van der Waals surface area contributed by atoms with Crippen molar-refractivity contribution in [2.24, 2.45) is 7.05 Å². The van der Waals surface area contributed by atoms with Crippen molar-refractivity contribution < 1.29 is 9.84 Å². The summed E-state index contributed by atoms with van der Waals surface area (Å²) < 4.78 is 8.71. The quantitative estimate of drug-likeness (QED) is 0.421. The molecule has 5 rings (SSSR count). The predicted molar refractivity (Wildman–Crippen MR) is 136 cm³/mol. The van der Waals surface area contributed by atoms with Crippen molar-refractivity contribution in [1.82, 2.24) is 24.1 Å². The summed E-state index contributed by atoms with van der Waals surface area (Å²) in [4.78, 5) is 29.0. The number of benzene rings is 1. The van der Waals surface area contributed by atoms with Gasteiger partial charge in [0.15, 0.2) is 0 Å². The second-order valence-electron chi connectivity index (χ2n) is 8.60. The number of methoxy groups -OCH3 is 1. The van der Waals surface area contributed by atoms with Gasteiger partial charge in [0.1, 0.15) is 17.3 Å². The van der Waals surface area contributed by atoms with E-state index in [0.29, 0.717) is 11.4 Å². The van der Waals surface area contributed by atoms with Gasteiger partial charge in [0.25, 0.3) is 0 Å². The van der Waals surface area contributed by atoms with E-state index < -0.39 is 0 Å². The fourth-order valence-electron chi connectivity index (χ4n) is 4.35. The van der Waals surface area contributed by atoms with Gasteiger partial charge in [0.2, 0.25) is 0 Å². The normalized spacial score (nSPS) is 11.4. The highest BCUT2D eigenvalue weighted by Crippen LogP contribution is 2.32. The molecular weight excluding hydrogens is 444 g/mol. The first-order valence-corrected chi connectivity index (χ1v) is 11.1. The number of rotatable bonds is 5. The summed E-state index contributed by atoms with van der Waals surface area (Å²) >= 11 is 0. The molecule has 0 saturated carbocycles. The number of hydrogen-bond donors (Lipinski definition) is 1. The minimum Gasteiger partial charge on any atom is -0.495 e.